The molecule has 0 spiro atoms. The zero-order chi connectivity index (χ0) is 13.2. The third kappa shape index (κ3) is 2.63. The molecule has 94 valence electrons. The van der Waals surface area contributed by atoms with Gasteiger partial charge in [-0.25, -0.2) is 0 Å². The maximum absolute atomic E-state index is 8.56. The van der Waals surface area contributed by atoms with Gasteiger partial charge in [0.1, 0.15) is 11.8 Å². The Kier molecular flexibility index (Phi) is 3.26. The van der Waals surface area contributed by atoms with E-state index in [2.05, 4.69) is 4.98 Å². The van der Waals surface area contributed by atoms with Crippen molar-refractivity contribution < 1.29 is 4.74 Å². The molecule has 1 heterocycles. The van der Waals surface area contributed by atoms with Crippen molar-refractivity contribution in [2.24, 2.45) is 5.73 Å². The molecule has 18 heavy (non-hydrogen) atoms. The van der Waals surface area contributed by atoms with Gasteiger partial charge in [-0.3, -0.25) is 0 Å². The second-order valence-electron chi connectivity index (χ2n) is 5.10. The fourth-order valence-corrected chi connectivity index (χ4v) is 2.05. The zero-order valence-corrected chi connectivity index (χ0v) is 10.7. The number of aromatic nitrogens is 1. The summed E-state index contributed by atoms with van der Waals surface area (Å²) >= 11 is 0. The molecule has 0 saturated carbocycles. The van der Waals surface area contributed by atoms with Crippen molar-refractivity contribution in [1.82, 2.24) is 4.98 Å². The van der Waals surface area contributed by atoms with Crippen molar-refractivity contribution in [2.75, 3.05) is 6.61 Å². The predicted molar refractivity (Wildman–Crippen MR) is 71.4 cm³/mol. The highest BCUT2D eigenvalue weighted by molar-refractivity contribution is 5.88. The van der Waals surface area contributed by atoms with Crippen LogP contribution in [0.25, 0.3) is 10.9 Å². The molecule has 0 amide bonds. The second kappa shape index (κ2) is 4.71. The molecule has 2 aromatic rings. The number of nitrogens with two attached hydrogens (primary N) is 1. The molecule has 0 atom stereocenters. The fourth-order valence-electron chi connectivity index (χ4n) is 2.05. The van der Waals surface area contributed by atoms with Crippen molar-refractivity contribution in [3.63, 3.8) is 0 Å². The van der Waals surface area contributed by atoms with Crippen LogP contribution in [0.15, 0.2) is 24.4 Å². The molecular formula is C14H17N3O. The van der Waals surface area contributed by atoms with E-state index in [1.165, 1.54) is 5.56 Å². The number of ether oxygens (including phenoxy) is 1. The minimum absolute atomic E-state index is 0.0514. The molecule has 0 unspecified atom stereocenters. The number of nitrogens with zero attached hydrogens (tertiary/aromatic N) is 1. The third-order valence-corrected chi connectivity index (χ3v) is 2.70. The molecule has 0 radical (unpaired) electrons. The van der Waals surface area contributed by atoms with Crippen LogP contribution in [-0.4, -0.2) is 17.1 Å². The summed E-state index contributed by atoms with van der Waals surface area (Å²) in [6.45, 7) is 4.06. The Bertz CT molecular complexity index is 587. The van der Waals surface area contributed by atoms with Crippen LogP contribution in [0.3, 0.4) is 0 Å². The third-order valence-electron chi connectivity index (χ3n) is 2.70. The van der Waals surface area contributed by atoms with Crippen LogP contribution in [0.5, 0.6) is 5.75 Å². The van der Waals surface area contributed by atoms with Gasteiger partial charge in [-0.15, -0.1) is 0 Å². The van der Waals surface area contributed by atoms with Gasteiger partial charge in [-0.05, 0) is 31.9 Å². The molecule has 4 heteroatoms. The molecule has 0 fully saturated rings. The Balaban J connectivity index is 2.39. The van der Waals surface area contributed by atoms with Gasteiger partial charge in [0.05, 0.1) is 5.52 Å². The Labute approximate surface area is 106 Å². The van der Waals surface area contributed by atoms with E-state index in [9.17, 15) is 0 Å². The Morgan fingerprint density at radius 3 is 2.89 bits per heavy atom. The second-order valence-corrected chi connectivity index (χ2v) is 5.10. The molecule has 1 aromatic heterocycles. The zero-order valence-electron chi connectivity index (χ0n) is 10.7. The first kappa shape index (κ1) is 12.5. The topological polar surface area (TPSA) is 74.8 Å². The van der Waals surface area contributed by atoms with Gasteiger partial charge in [0.2, 0.25) is 0 Å². The molecule has 0 aliphatic heterocycles. The quantitative estimate of drug-likeness (QED) is 0.865. The van der Waals surface area contributed by atoms with Crippen molar-refractivity contribution >= 4 is 10.9 Å². The number of H-pyrrole nitrogens is 1. The van der Waals surface area contributed by atoms with E-state index < -0.39 is 0 Å². The van der Waals surface area contributed by atoms with E-state index in [4.69, 9.17) is 15.7 Å². The summed E-state index contributed by atoms with van der Waals surface area (Å²) in [5.74, 6) is 0.704. The standard InChI is InChI=1S/C14H17N3O/c1-14(2,16)8-10-9-17-13-11(10)4-3-5-12(13)18-7-6-15/h3-5,9,17H,7-8,16H2,1-2H3. The Morgan fingerprint density at radius 1 is 1.44 bits per heavy atom. The lowest BCUT2D eigenvalue weighted by atomic mass is 9.96. The monoisotopic (exact) mass is 243 g/mol. The number of rotatable bonds is 4. The number of hydrogen-bond acceptors (Lipinski definition) is 3. The van der Waals surface area contributed by atoms with Crippen LogP contribution in [0.2, 0.25) is 0 Å². The molecule has 0 aliphatic carbocycles. The Hall–Kier alpha value is -1.99. The SMILES string of the molecule is CC(C)(N)Cc1c[nH]c2c(OCC#N)cccc12. The lowest BCUT2D eigenvalue weighted by Crippen LogP contribution is -2.34. The van der Waals surface area contributed by atoms with E-state index in [-0.39, 0.29) is 12.1 Å². The van der Waals surface area contributed by atoms with Crippen molar-refractivity contribution in [2.45, 2.75) is 25.8 Å². The highest BCUT2D eigenvalue weighted by Gasteiger charge is 2.16. The molecule has 0 aliphatic rings. The molecule has 3 N–H and O–H groups in total. The van der Waals surface area contributed by atoms with Gasteiger partial charge in [-0.1, -0.05) is 12.1 Å². The van der Waals surface area contributed by atoms with E-state index in [1.54, 1.807) is 0 Å². The summed E-state index contributed by atoms with van der Waals surface area (Å²) in [6, 6.07) is 7.78. The molecule has 4 nitrogen and oxygen atoms in total. The largest absolute Gasteiger partial charge is 0.477 e. The van der Waals surface area contributed by atoms with E-state index in [0.29, 0.717) is 5.75 Å². The summed E-state index contributed by atoms with van der Waals surface area (Å²) in [7, 11) is 0. The maximum Gasteiger partial charge on any atom is 0.174 e. The number of nitriles is 1. The lowest BCUT2D eigenvalue weighted by Gasteiger charge is -2.17. The van der Waals surface area contributed by atoms with E-state index in [0.717, 1.165) is 17.3 Å². The normalized spacial score (nSPS) is 11.4. The van der Waals surface area contributed by atoms with Gasteiger partial charge < -0.3 is 15.5 Å². The fraction of sp³-hybridized carbons (Fsp3) is 0.357. The molecule has 2 rings (SSSR count). The molecule has 0 bridgehead atoms. The average molecular weight is 243 g/mol. The Morgan fingerprint density at radius 2 is 2.22 bits per heavy atom. The van der Waals surface area contributed by atoms with Crippen LogP contribution < -0.4 is 10.5 Å². The highest BCUT2D eigenvalue weighted by atomic mass is 16.5. The first-order valence-corrected chi connectivity index (χ1v) is 5.89. The number of nitrogens with one attached hydrogen (secondary N) is 1. The first-order valence-electron chi connectivity index (χ1n) is 5.89. The number of para-hydroxylation sites is 1. The molecule has 0 saturated heterocycles. The number of benzene rings is 1. The number of fused-ring (bicyclic) bond motifs is 1. The number of aromatic amines is 1. The predicted octanol–water partition coefficient (Wildman–Crippen LogP) is 2.35. The van der Waals surface area contributed by atoms with Crippen molar-refractivity contribution in [1.29, 1.82) is 5.26 Å². The van der Waals surface area contributed by atoms with Gasteiger partial charge in [0, 0.05) is 17.1 Å². The van der Waals surface area contributed by atoms with Crippen molar-refractivity contribution in [3.8, 4) is 11.8 Å². The van der Waals surface area contributed by atoms with Crippen LogP contribution in [-0.2, 0) is 6.42 Å². The highest BCUT2D eigenvalue weighted by Crippen LogP contribution is 2.28. The minimum atomic E-state index is -0.251. The summed E-state index contributed by atoms with van der Waals surface area (Å²) in [5.41, 5.74) is 7.89. The first-order chi connectivity index (χ1) is 8.51. The lowest BCUT2D eigenvalue weighted by molar-refractivity contribution is 0.372. The summed E-state index contributed by atoms with van der Waals surface area (Å²) in [5, 5.41) is 9.66. The van der Waals surface area contributed by atoms with Gasteiger partial charge in [-0.2, -0.15) is 5.26 Å². The summed E-state index contributed by atoms with van der Waals surface area (Å²) in [4.78, 5) is 3.20. The molecule has 1 aromatic carbocycles. The summed E-state index contributed by atoms with van der Waals surface area (Å²) in [6.07, 6.45) is 2.74. The van der Waals surface area contributed by atoms with Crippen LogP contribution in [0, 0.1) is 11.3 Å². The summed E-state index contributed by atoms with van der Waals surface area (Å²) < 4.78 is 5.39. The van der Waals surface area contributed by atoms with Crippen molar-refractivity contribution in [3.05, 3.63) is 30.0 Å². The maximum atomic E-state index is 8.56. The van der Waals surface area contributed by atoms with Crippen LogP contribution >= 0.6 is 0 Å². The van der Waals surface area contributed by atoms with E-state index in [1.807, 2.05) is 44.3 Å². The molecular weight excluding hydrogens is 226 g/mol. The van der Waals surface area contributed by atoms with E-state index >= 15 is 0 Å². The van der Waals surface area contributed by atoms with Gasteiger partial charge in [0.15, 0.2) is 6.61 Å². The van der Waals surface area contributed by atoms with Crippen LogP contribution in [0.4, 0.5) is 0 Å². The van der Waals surface area contributed by atoms with Gasteiger partial charge in [0.25, 0.3) is 0 Å². The average Bonchev–Trinajstić information content (AvgIpc) is 2.68. The smallest absolute Gasteiger partial charge is 0.174 e. The van der Waals surface area contributed by atoms with Crippen LogP contribution in [0.1, 0.15) is 19.4 Å². The minimum Gasteiger partial charge on any atom is -0.477 e. The number of hydrogen-bond donors (Lipinski definition) is 2. The van der Waals surface area contributed by atoms with Gasteiger partial charge >= 0.3 is 0 Å².